The number of nitrogens with one attached hydrogen (secondary N) is 1. The Hall–Kier alpha value is -2.08. The van der Waals surface area contributed by atoms with Gasteiger partial charge in [-0.25, -0.2) is 9.37 Å². The van der Waals surface area contributed by atoms with Crippen LogP contribution in [0.15, 0.2) is 41.7 Å². The number of hydrogen-bond acceptors (Lipinski definition) is 4. The van der Waals surface area contributed by atoms with Crippen LogP contribution in [0.4, 0.5) is 4.39 Å². The highest BCUT2D eigenvalue weighted by molar-refractivity contribution is 7.98. The number of aromatic nitrogens is 3. The van der Waals surface area contributed by atoms with E-state index in [4.69, 9.17) is 4.74 Å². The van der Waals surface area contributed by atoms with Crippen LogP contribution in [0.25, 0.3) is 11.0 Å². The summed E-state index contributed by atoms with van der Waals surface area (Å²) in [5.41, 5.74) is 3.84. The van der Waals surface area contributed by atoms with E-state index in [0.717, 1.165) is 27.4 Å². The first-order chi connectivity index (χ1) is 10.8. The summed E-state index contributed by atoms with van der Waals surface area (Å²) in [5, 5.41) is 0.859. The van der Waals surface area contributed by atoms with E-state index in [-0.39, 0.29) is 6.61 Å². The molecule has 1 aromatic carbocycles. The molecule has 0 atom stereocenters. The van der Waals surface area contributed by atoms with Gasteiger partial charge < -0.3 is 9.72 Å². The van der Waals surface area contributed by atoms with E-state index >= 15 is 0 Å². The van der Waals surface area contributed by atoms with Gasteiger partial charge in [0.15, 0.2) is 5.16 Å². The number of imidazole rings is 1. The molecule has 0 aliphatic rings. The van der Waals surface area contributed by atoms with E-state index in [1.165, 1.54) is 0 Å². The van der Waals surface area contributed by atoms with Gasteiger partial charge in [-0.1, -0.05) is 23.9 Å². The molecule has 0 aliphatic heterocycles. The van der Waals surface area contributed by atoms with E-state index in [1.54, 1.807) is 24.0 Å². The lowest BCUT2D eigenvalue weighted by Crippen LogP contribution is -2.02. The number of ether oxygens (including phenoxy) is 1. The molecule has 0 radical (unpaired) electrons. The summed E-state index contributed by atoms with van der Waals surface area (Å²) in [7, 11) is 0. The number of para-hydroxylation sites is 2. The molecule has 2 heterocycles. The number of halogens is 1. The third-order valence-electron chi connectivity index (χ3n) is 3.31. The molecule has 3 aromatic rings. The minimum atomic E-state index is -0.495. The number of H-pyrrole nitrogens is 1. The Bertz CT molecular complexity index is 742. The Balaban J connectivity index is 1.73. The first kappa shape index (κ1) is 14.8. The Morgan fingerprint density at radius 3 is 2.95 bits per heavy atom. The molecule has 0 spiro atoms. The molecule has 0 amide bonds. The fourth-order valence-corrected chi connectivity index (χ4v) is 3.05. The highest BCUT2D eigenvalue weighted by Gasteiger charge is 2.09. The van der Waals surface area contributed by atoms with Crippen molar-refractivity contribution in [1.29, 1.82) is 0 Å². The molecule has 22 heavy (non-hydrogen) atoms. The predicted octanol–water partition coefficient (Wildman–Crippen LogP) is 3.91. The quantitative estimate of drug-likeness (QED) is 0.700. The minimum Gasteiger partial charge on any atom is -0.490 e. The lowest BCUT2D eigenvalue weighted by molar-refractivity contribution is 0.271. The summed E-state index contributed by atoms with van der Waals surface area (Å²) in [6.07, 6.45) is 1.69. The molecule has 4 nitrogen and oxygen atoms in total. The van der Waals surface area contributed by atoms with Crippen molar-refractivity contribution in [2.45, 2.75) is 17.8 Å². The number of fused-ring (bicyclic) bond motifs is 1. The van der Waals surface area contributed by atoms with Crippen LogP contribution in [-0.2, 0) is 5.75 Å². The average molecular weight is 317 g/mol. The van der Waals surface area contributed by atoms with Crippen LogP contribution in [0.1, 0.15) is 11.3 Å². The van der Waals surface area contributed by atoms with Gasteiger partial charge in [0.05, 0.1) is 16.7 Å². The first-order valence-corrected chi connectivity index (χ1v) is 7.97. The van der Waals surface area contributed by atoms with Crippen LogP contribution in [0.5, 0.6) is 5.75 Å². The zero-order chi connectivity index (χ0) is 15.4. The summed E-state index contributed by atoms with van der Waals surface area (Å²) in [5.74, 6) is 1.37. The molecule has 0 aliphatic carbocycles. The van der Waals surface area contributed by atoms with Gasteiger partial charge in [-0.3, -0.25) is 4.98 Å². The van der Waals surface area contributed by atoms with Gasteiger partial charge in [0, 0.05) is 17.5 Å². The number of alkyl halides is 1. The molecule has 114 valence electrons. The van der Waals surface area contributed by atoms with Gasteiger partial charge in [0.2, 0.25) is 0 Å². The average Bonchev–Trinajstić information content (AvgIpc) is 2.95. The topological polar surface area (TPSA) is 50.8 Å². The summed E-state index contributed by atoms with van der Waals surface area (Å²) in [4.78, 5) is 12.2. The maximum absolute atomic E-state index is 12.2. The van der Waals surface area contributed by atoms with Crippen molar-refractivity contribution in [3.63, 3.8) is 0 Å². The van der Waals surface area contributed by atoms with Crippen molar-refractivity contribution in [2.24, 2.45) is 0 Å². The van der Waals surface area contributed by atoms with Crippen LogP contribution in [0, 0.1) is 6.92 Å². The number of hydrogen-bond donors (Lipinski definition) is 1. The van der Waals surface area contributed by atoms with Gasteiger partial charge in [-0.2, -0.15) is 0 Å². The second kappa shape index (κ2) is 6.79. The third-order valence-corrected chi connectivity index (χ3v) is 4.19. The molecular formula is C16H16FN3OS. The molecule has 2 aromatic heterocycles. The summed E-state index contributed by atoms with van der Waals surface area (Å²) in [6.45, 7) is 1.51. The first-order valence-electron chi connectivity index (χ1n) is 6.98. The van der Waals surface area contributed by atoms with Crippen LogP contribution in [-0.4, -0.2) is 28.2 Å². The Kier molecular flexibility index (Phi) is 4.58. The third kappa shape index (κ3) is 3.22. The maximum Gasteiger partial charge on any atom is 0.166 e. The Morgan fingerprint density at radius 2 is 2.14 bits per heavy atom. The molecule has 1 N–H and O–H groups in total. The van der Waals surface area contributed by atoms with Crippen molar-refractivity contribution in [3.8, 4) is 5.75 Å². The second-order valence-electron chi connectivity index (χ2n) is 4.77. The fraction of sp³-hybridized carbons (Fsp3) is 0.250. The summed E-state index contributed by atoms with van der Waals surface area (Å²) in [6, 6.07) is 9.69. The monoisotopic (exact) mass is 317 g/mol. The zero-order valence-corrected chi connectivity index (χ0v) is 13.0. The SMILES string of the molecule is Cc1c(OCCF)ccnc1CSc1nc2ccccc2[nH]1. The lowest BCUT2D eigenvalue weighted by Gasteiger charge is -2.10. The Morgan fingerprint density at radius 1 is 1.27 bits per heavy atom. The molecule has 3 rings (SSSR count). The Labute approximate surface area is 132 Å². The zero-order valence-electron chi connectivity index (χ0n) is 12.2. The second-order valence-corrected chi connectivity index (χ2v) is 5.73. The normalized spacial score (nSPS) is 11.0. The van der Waals surface area contributed by atoms with Crippen LogP contribution >= 0.6 is 11.8 Å². The summed E-state index contributed by atoms with van der Waals surface area (Å²) < 4.78 is 17.6. The summed E-state index contributed by atoms with van der Waals surface area (Å²) >= 11 is 1.59. The van der Waals surface area contributed by atoms with E-state index in [9.17, 15) is 4.39 Å². The molecule has 0 fully saturated rings. The van der Waals surface area contributed by atoms with Crippen molar-refractivity contribution in [3.05, 3.63) is 47.8 Å². The minimum absolute atomic E-state index is 0.0704. The number of nitrogens with zero attached hydrogens (tertiary/aromatic N) is 2. The highest BCUT2D eigenvalue weighted by atomic mass is 32.2. The van der Waals surface area contributed by atoms with Gasteiger partial charge in [0.25, 0.3) is 0 Å². The molecule has 0 saturated carbocycles. The van der Waals surface area contributed by atoms with Gasteiger partial charge in [-0.05, 0) is 25.1 Å². The molecule has 0 bridgehead atoms. The van der Waals surface area contributed by atoms with Crippen molar-refractivity contribution in [2.75, 3.05) is 13.3 Å². The van der Waals surface area contributed by atoms with Crippen LogP contribution in [0.3, 0.4) is 0 Å². The van der Waals surface area contributed by atoms with Crippen molar-refractivity contribution in [1.82, 2.24) is 15.0 Å². The number of aromatic amines is 1. The van der Waals surface area contributed by atoms with E-state index in [1.807, 2.05) is 31.2 Å². The molecule has 6 heteroatoms. The highest BCUT2D eigenvalue weighted by Crippen LogP contribution is 2.26. The van der Waals surface area contributed by atoms with E-state index in [0.29, 0.717) is 11.5 Å². The number of thioether (sulfide) groups is 1. The number of rotatable bonds is 6. The fourth-order valence-electron chi connectivity index (χ4n) is 2.14. The van der Waals surface area contributed by atoms with Crippen LogP contribution in [0.2, 0.25) is 0 Å². The van der Waals surface area contributed by atoms with E-state index in [2.05, 4.69) is 15.0 Å². The van der Waals surface area contributed by atoms with Crippen molar-refractivity contribution >= 4 is 22.8 Å². The van der Waals surface area contributed by atoms with E-state index < -0.39 is 6.67 Å². The lowest BCUT2D eigenvalue weighted by atomic mass is 10.2. The molecular weight excluding hydrogens is 301 g/mol. The van der Waals surface area contributed by atoms with Gasteiger partial charge in [-0.15, -0.1) is 0 Å². The molecule has 0 saturated heterocycles. The van der Waals surface area contributed by atoms with Gasteiger partial charge in [0.1, 0.15) is 19.0 Å². The standard InChI is InChI=1S/C16H16FN3OS/c1-11-14(18-8-6-15(11)21-9-7-17)10-22-16-19-12-4-2-3-5-13(12)20-16/h2-6,8H,7,9-10H2,1H3,(H,19,20). The van der Waals surface area contributed by atoms with Crippen LogP contribution < -0.4 is 4.74 Å². The smallest absolute Gasteiger partial charge is 0.166 e. The van der Waals surface area contributed by atoms with Crippen molar-refractivity contribution < 1.29 is 9.13 Å². The maximum atomic E-state index is 12.2. The largest absolute Gasteiger partial charge is 0.490 e. The number of pyridine rings is 1. The predicted molar refractivity (Wildman–Crippen MR) is 86.1 cm³/mol. The molecule has 0 unspecified atom stereocenters. The van der Waals surface area contributed by atoms with Gasteiger partial charge >= 0.3 is 0 Å². The number of benzene rings is 1.